The fourth-order valence-electron chi connectivity index (χ4n) is 2.68. The normalized spacial score (nSPS) is 17.5. The zero-order valence-corrected chi connectivity index (χ0v) is 11.9. The maximum atomic E-state index is 12.1. The van der Waals surface area contributed by atoms with Gasteiger partial charge in [0.25, 0.3) is 0 Å². The Morgan fingerprint density at radius 2 is 1.90 bits per heavy atom. The summed E-state index contributed by atoms with van der Waals surface area (Å²) in [5.41, 5.74) is 3.91. The second-order valence-electron chi connectivity index (χ2n) is 5.27. The number of hydrogen-bond donors (Lipinski definition) is 2. The van der Waals surface area contributed by atoms with Crippen LogP contribution < -0.4 is 10.2 Å². The highest BCUT2D eigenvalue weighted by Gasteiger charge is 2.28. The number of carbonyl (C=O) groups excluding carboxylic acids is 1. The van der Waals surface area contributed by atoms with Crippen LogP contribution >= 0.6 is 0 Å². The van der Waals surface area contributed by atoms with Gasteiger partial charge in [0.05, 0.1) is 19.1 Å². The van der Waals surface area contributed by atoms with E-state index in [1.165, 1.54) is 0 Å². The Morgan fingerprint density at radius 1 is 1.19 bits per heavy atom. The molecule has 0 radical (unpaired) electrons. The van der Waals surface area contributed by atoms with Gasteiger partial charge in [-0.15, -0.1) is 0 Å². The Kier molecular flexibility index (Phi) is 3.62. The lowest BCUT2D eigenvalue weighted by Gasteiger charge is -2.32. The van der Waals surface area contributed by atoms with Crippen molar-refractivity contribution in [3.63, 3.8) is 0 Å². The minimum absolute atomic E-state index is 0.0233. The lowest BCUT2D eigenvalue weighted by atomic mass is 9.96. The number of aliphatic hydroxyl groups excluding tert-OH is 1. The van der Waals surface area contributed by atoms with Gasteiger partial charge in [-0.05, 0) is 29.3 Å². The molecule has 2 aromatic rings. The highest BCUT2D eigenvalue weighted by Crippen LogP contribution is 2.35. The summed E-state index contributed by atoms with van der Waals surface area (Å²) in [6, 6.07) is 15.6. The van der Waals surface area contributed by atoms with E-state index in [-0.39, 0.29) is 18.6 Å². The predicted octanol–water partition coefficient (Wildman–Crippen LogP) is 2.70. The van der Waals surface area contributed by atoms with Crippen LogP contribution in [0.4, 0.5) is 11.4 Å². The average Bonchev–Trinajstić information content (AvgIpc) is 2.53. The Morgan fingerprint density at radius 3 is 2.62 bits per heavy atom. The number of carbonyl (C=O) groups is 1. The highest BCUT2D eigenvalue weighted by molar-refractivity contribution is 5.97. The Labute approximate surface area is 124 Å². The molecule has 0 aliphatic carbocycles. The molecule has 0 aromatic heterocycles. The summed E-state index contributed by atoms with van der Waals surface area (Å²) in [6.07, 6.45) is 0.440. The first-order valence-corrected chi connectivity index (χ1v) is 7.01. The molecule has 108 valence electrons. The van der Waals surface area contributed by atoms with Crippen LogP contribution in [0, 0.1) is 0 Å². The summed E-state index contributed by atoms with van der Waals surface area (Å²) in [5, 5.41) is 12.5. The summed E-state index contributed by atoms with van der Waals surface area (Å²) in [6.45, 7) is 0.0375. The molecule has 2 N–H and O–H groups in total. The summed E-state index contributed by atoms with van der Waals surface area (Å²) in [4.78, 5) is 13.8. The van der Waals surface area contributed by atoms with Gasteiger partial charge in [0.2, 0.25) is 5.91 Å². The first-order valence-electron chi connectivity index (χ1n) is 7.01. The van der Waals surface area contributed by atoms with Crippen LogP contribution in [0.5, 0.6) is 0 Å². The standard InChI is InChI=1S/C17H18N2O2/c1-19-16-5-3-2-4-14(16)15(10-17(19)21)18-13-8-6-12(11-20)7-9-13/h2-9,15,18,20H,10-11H2,1H3. The smallest absolute Gasteiger partial charge is 0.229 e. The minimum atomic E-state index is -0.0233. The molecule has 21 heavy (non-hydrogen) atoms. The molecule has 1 amide bonds. The molecule has 0 saturated heterocycles. The van der Waals surface area contributed by atoms with E-state index in [2.05, 4.69) is 11.4 Å². The second kappa shape index (κ2) is 5.58. The van der Waals surface area contributed by atoms with Crippen molar-refractivity contribution in [1.29, 1.82) is 0 Å². The number of benzene rings is 2. The monoisotopic (exact) mass is 282 g/mol. The van der Waals surface area contributed by atoms with E-state index in [9.17, 15) is 4.79 Å². The van der Waals surface area contributed by atoms with Crippen molar-refractivity contribution < 1.29 is 9.90 Å². The molecular formula is C17H18N2O2. The van der Waals surface area contributed by atoms with Gasteiger partial charge in [0.15, 0.2) is 0 Å². The van der Waals surface area contributed by atoms with E-state index >= 15 is 0 Å². The van der Waals surface area contributed by atoms with Gasteiger partial charge in [-0.25, -0.2) is 0 Å². The van der Waals surface area contributed by atoms with Crippen LogP contribution in [-0.4, -0.2) is 18.1 Å². The van der Waals surface area contributed by atoms with E-state index in [1.54, 1.807) is 4.90 Å². The summed E-state index contributed by atoms with van der Waals surface area (Å²) < 4.78 is 0. The van der Waals surface area contributed by atoms with Crippen LogP contribution in [-0.2, 0) is 11.4 Å². The lowest BCUT2D eigenvalue weighted by molar-refractivity contribution is -0.118. The first kappa shape index (κ1) is 13.6. The molecular weight excluding hydrogens is 264 g/mol. The van der Waals surface area contributed by atoms with Crippen LogP contribution in [0.15, 0.2) is 48.5 Å². The molecule has 1 unspecified atom stereocenters. The quantitative estimate of drug-likeness (QED) is 0.910. The van der Waals surface area contributed by atoms with Gasteiger partial charge in [0.1, 0.15) is 0 Å². The van der Waals surface area contributed by atoms with Gasteiger partial charge in [-0.1, -0.05) is 30.3 Å². The van der Waals surface area contributed by atoms with Crippen molar-refractivity contribution in [1.82, 2.24) is 0 Å². The number of nitrogens with zero attached hydrogens (tertiary/aromatic N) is 1. The molecule has 0 saturated carbocycles. The molecule has 2 aromatic carbocycles. The van der Waals surface area contributed by atoms with Crippen molar-refractivity contribution in [2.24, 2.45) is 0 Å². The number of para-hydroxylation sites is 1. The van der Waals surface area contributed by atoms with Crippen molar-refractivity contribution in [2.45, 2.75) is 19.1 Å². The number of rotatable bonds is 3. The average molecular weight is 282 g/mol. The molecule has 0 spiro atoms. The highest BCUT2D eigenvalue weighted by atomic mass is 16.3. The summed E-state index contributed by atoms with van der Waals surface area (Å²) in [7, 11) is 1.81. The maximum absolute atomic E-state index is 12.1. The molecule has 0 fully saturated rings. The summed E-state index contributed by atoms with van der Waals surface area (Å²) in [5.74, 6) is 0.109. The first-order chi connectivity index (χ1) is 10.2. The van der Waals surface area contributed by atoms with E-state index in [0.717, 1.165) is 22.5 Å². The number of hydrogen-bond acceptors (Lipinski definition) is 3. The number of nitrogens with one attached hydrogen (secondary N) is 1. The number of amides is 1. The third-order valence-corrected chi connectivity index (χ3v) is 3.90. The molecule has 1 aliphatic rings. The SMILES string of the molecule is CN1C(=O)CC(Nc2ccc(CO)cc2)c2ccccc21. The van der Waals surface area contributed by atoms with E-state index in [0.29, 0.717) is 6.42 Å². The molecule has 1 heterocycles. The maximum Gasteiger partial charge on any atom is 0.229 e. The van der Waals surface area contributed by atoms with E-state index < -0.39 is 0 Å². The topological polar surface area (TPSA) is 52.6 Å². The molecule has 3 rings (SSSR count). The molecule has 1 aliphatic heterocycles. The zero-order valence-electron chi connectivity index (χ0n) is 11.9. The molecule has 0 bridgehead atoms. The minimum Gasteiger partial charge on any atom is -0.392 e. The van der Waals surface area contributed by atoms with E-state index in [4.69, 9.17) is 5.11 Å². The fourth-order valence-corrected chi connectivity index (χ4v) is 2.68. The Bertz CT molecular complexity index is 652. The second-order valence-corrected chi connectivity index (χ2v) is 5.27. The third kappa shape index (κ3) is 2.62. The molecule has 1 atom stereocenters. The van der Waals surface area contributed by atoms with Gasteiger partial charge < -0.3 is 15.3 Å². The predicted molar refractivity (Wildman–Crippen MR) is 83.2 cm³/mol. The van der Waals surface area contributed by atoms with E-state index in [1.807, 2.05) is 49.5 Å². The van der Waals surface area contributed by atoms with Crippen molar-refractivity contribution in [3.05, 3.63) is 59.7 Å². The Balaban J connectivity index is 1.88. The number of fused-ring (bicyclic) bond motifs is 1. The number of aliphatic hydroxyl groups is 1. The largest absolute Gasteiger partial charge is 0.392 e. The molecule has 4 nitrogen and oxygen atoms in total. The van der Waals surface area contributed by atoms with Gasteiger partial charge in [-0.3, -0.25) is 4.79 Å². The zero-order chi connectivity index (χ0) is 14.8. The van der Waals surface area contributed by atoms with Crippen molar-refractivity contribution >= 4 is 17.3 Å². The van der Waals surface area contributed by atoms with Gasteiger partial charge in [-0.2, -0.15) is 0 Å². The van der Waals surface area contributed by atoms with Gasteiger partial charge >= 0.3 is 0 Å². The van der Waals surface area contributed by atoms with Crippen LogP contribution in [0.25, 0.3) is 0 Å². The lowest BCUT2D eigenvalue weighted by Crippen LogP contribution is -2.35. The Hall–Kier alpha value is -2.33. The third-order valence-electron chi connectivity index (χ3n) is 3.90. The fraction of sp³-hybridized carbons (Fsp3) is 0.235. The number of anilines is 2. The van der Waals surface area contributed by atoms with Crippen molar-refractivity contribution in [2.75, 3.05) is 17.3 Å². The van der Waals surface area contributed by atoms with Crippen LogP contribution in [0.2, 0.25) is 0 Å². The van der Waals surface area contributed by atoms with Crippen LogP contribution in [0.1, 0.15) is 23.6 Å². The summed E-state index contributed by atoms with van der Waals surface area (Å²) >= 11 is 0. The van der Waals surface area contributed by atoms with Gasteiger partial charge in [0, 0.05) is 18.4 Å². The molecule has 4 heteroatoms. The van der Waals surface area contributed by atoms with Crippen molar-refractivity contribution in [3.8, 4) is 0 Å². The van der Waals surface area contributed by atoms with Crippen LogP contribution in [0.3, 0.4) is 0 Å².